The van der Waals surface area contributed by atoms with Crippen LogP contribution in [0.2, 0.25) is 0 Å². The molecule has 128 valence electrons. The maximum Gasteiger partial charge on any atom is 0.321 e. The topological polar surface area (TPSA) is 70.4 Å². The van der Waals surface area contributed by atoms with E-state index in [0.29, 0.717) is 30.9 Å². The van der Waals surface area contributed by atoms with Crippen LogP contribution in [-0.4, -0.2) is 45.0 Å². The van der Waals surface area contributed by atoms with Crippen LogP contribution in [-0.2, 0) is 0 Å². The fourth-order valence-electron chi connectivity index (χ4n) is 2.97. The molecule has 1 saturated heterocycles. The average molecular weight is 332 g/mol. The van der Waals surface area contributed by atoms with E-state index in [1.165, 1.54) is 10.7 Å². The number of halogens is 1. The lowest BCUT2D eigenvalue weighted by molar-refractivity contribution is 0.0883. The Labute approximate surface area is 139 Å². The first-order valence-electron chi connectivity index (χ1n) is 8.01. The van der Waals surface area contributed by atoms with E-state index in [9.17, 15) is 14.3 Å². The molecule has 1 atom stereocenters. The third kappa shape index (κ3) is 3.41. The minimum atomic E-state index is -0.491. The summed E-state index contributed by atoms with van der Waals surface area (Å²) < 4.78 is 16.0. The van der Waals surface area contributed by atoms with Crippen molar-refractivity contribution >= 4 is 11.7 Å². The molecule has 0 radical (unpaired) electrons. The second kappa shape index (κ2) is 6.60. The highest BCUT2D eigenvalue weighted by molar-refractivity contribution is 5.89. The second-order valence-electron chi connectivity index (χ2n) is 6.18. The fraction of sp³-hybridized carbons (Fsp3) is 0.412. The normalized spacial score (nSPS) is 17.8. The van der Waals surface area contributed by atoms with Gasteiger partial charge in [-0.3, -0.25) is 0 Å². The number of hydrogen-bond acceptors (Lipinski definition) is 3. The zero-order valence-corrected chi connectivity index (χ0v) is 13.8. The van der Waals surface area contributed by atoms with Crippen LogP contribution in [0.4, 0.5) is 14.9 Å². The maximum absolute atomic E-state index is 14.4. The minimum absolute atomic E-state index is 0.304. The number of hydrogen-bond donors (Lipinski definition) is 2. The molecule has 1 aromatic heterocycles. The van der Waals surface area contributed by atoms with Crippen LogP contribution in [0.5, 0.6) is 0 Å². The Balaban J connectivity index is 1.75. The van der Waals surface area contributed by atoms with Gasteiger partial charge in [-0.15, -0.1) is 0 Å². The van der Waals surface area contributed by atoms with Crippen molar-refractivity contribution in [3.63, 3.8) is 0 Å². The Morgan fingerprint density at radius 2 is 2.17 bits per heavy atom. The van der Waals surface area contributed by atoms with Crippen molar-refractivity contribution in [1.29, 1.82) is 0 Å². The van der Waals surface area contributed by atoms with E-state index in [1.54, 1.807) is 17.0 Å². The number of urea groups is 1. The quantitative estimate of drug-likeness (QED) is 0.888. The Morgan fingerprint density at radius 3 is 2.79 bits per heavy atom. The highest BCUT2D eigenvalue weighted by Crippen LogP contribution is 2.20. The number of benzene rings is 1. The Hall–Kier alpha value is -2.41. The van der Waals surface area contributed by atoms with Gasteiger partial charge < -0.3 is 15.3 Å². The first-order valence-corrected chi connectivity index (χ1v) is 8.01. The number of aliphatic hydroxyl groups is 1. The first kappa shape index (κ1) is 16.4. The van der Waals surface area contributed by atoms with E-state index in [2.05, 4.69) is 10.4 Å². The molecule has 6 nitrogen and oxygen atoms in total. The maximum atomic E-state index is 14.4. The van der Waals surface area contributed by atoms with Crippen LogP contribution >= 0.6 is 0 Å². The molecule has 0 unspecified atom stereocenters. The molecule has 2 heterocycles. The standard InChI is InChI=1S/C17H21FN4O2/c1-11-8-12(2)22(20-11)16-6-5-13(9-15(16)18)19-17(24)21-7-3-4-14(23)10-21/h5-6,8-9,14,23H,3-4,7,10H2,1-2H3,(H,19,24)/t14-/m0/s1. The molecule has 1 aliphatic heterocycles. The summed E-state index contributed by atoms with van der Waals surface area (Å²) in [6, 6.07) is 6.07. The molecular weight excluding hydrogens is 311 g/mol. The summed E-state index contributed by atoms with van der Waals surface area (Å²) in [6.07, 6.45) is 0.977. The van der Waals surface area contributed by atoms with E-state index in [1.807, 2.05) is 19.9 Å². The van der Waals surface area contributed by atoms with E-state index >= 15 is 0 Å². The summed E-state index contributed by atoms with van der Waals surface area (Å²) in [5.41, 5.74) is 2.37. The van der Waals surface area contributed by atoms with Gasteiger partial charge in [0.2, 0.25) is 0 Å². The van der Waals surface area contributed by atoms with Crippen LogP contribution in [0.25, 0.3) is 5.69 Å². The molecule has 1 fully saturated rings. The van der Waals surface area contributed by atoms with Gasteiger partial charge in [-0.1, -0.05) is 0 Å². The molecule has 0 bridgehead atoms. The summed E-state index contributed by atoms with van der Waals surface area (Å²) in [6.45, 7) is 4.60. The molecule has 7 heteroatoms. The van der Waals surface area contributed by atoms with E-state index in [-0.39, 0.29) is 6.03 Å². The van der Waals surface area contributed by atoms with Crippen molar-refractivity contribution in [2.45, 2.75) is 32.8 Å². The van der Waals surface area contributed by atoms with Gasteiger partial charge in [0.25, 0.3) is 0 Å². The molecule has 2 amide bonds. The van der Waals surface area contributed by atoms with E-state index in [0.717, 1.165) is 17.8 Å². The first-order chi connectivity index (χ1) is 11.4. The molecule has 0 saturated carbocycles. The number of rotatable bonds is 2. The van der Waals surface area contributed by atoms with Gasteiger partial charge in [-0.2, -0.15) is 5.10 Å². The zero-order valence-electron chi connectivity index (χ0n) is 13.8. The molecule has 24 heavy (non-hydrogen) atoms. The number of aromatic nitrogens is 2. The molecule has 2 N–H and O–H groups in total. The Kier molecular flexibility index (Phi) is 4.53. The van der Waals surface area contributed by atoms with Gasteiger partial charge in [-0.05, 0) is 51.0 Å². The van der Waals surface area contributed by atoms with Crippen molar-refractivity contribution in [1.82, 2.24) is 14.7 Å². The lowest BCUT2D eigenvalue weighted by Crippen LogP contribution is -2.44. The largest absolute Gasteiger partial charge is 0.391 e. The van der Waals surface area contributed by atoms with Crippen LogP contribution in [0, 0.1) is 19.7 Å². The second-order valence-corrected chi connectivity index (χ2v) is 6.18. The molecule has 0 spiro atoms. The molecule has 2 aromatic rings. The zero-order chi connectivity index (χ0) is 17.3. The number of nitrogens with zero attached hydrogens (tertiary/aromatic N) is 3. The average Bonchev–Trinajstić information content (AvgIpc) is 2.86. The number of carbonyl (C=O) groups excluding carboxylic acids is 1. The number of anilines is 1. The lowest BCUT2D eigenvalue weighted by Gasteiger charge is -2.30. The Morgan fingerprint density at radius 1 is 1.38 bits per heavy atom. The van der Waals surface area contributed by atoms with Crippen LogP contribution in [0.15, 0.2) is 24.3 Å². The lowest BCUT2D eigenvalue weighted by atomic mass is 10.1. The van der Waals surface area contributed by atoms with E-state index in [4.69, 9.17) is 0 Å². The van der Waals surface area contributed by atoms with Crippen LogP contribution in [0.1, 0.15) is 24.2 Å². The van der Waals surface area contributed by atoms with Gasteiger partial charge in [0.1, 0.15) is 5.69 Å². The third-order valence-corrected chi connectivity index (χ3v) is 4.12. The minimum Gasteiger partial charge on any atom is -0.391 e. The molecule has 0 aliphatic carbocycles. The SMILES string of the molecule is Cc1cc(C)n(-c2ccc(NC(=O)N3CCC[C@H](O)C3)cc2F)n1. The van der Waals surface area contributed by atoms with Crippen molar-refractivity contribution in [3.8, 4) is 5.69 Å². The van der Waals surface area contributed by atoms with Crippen molar-refractivity contribution in [3.05, 3.63) is 41.5 Å². The van der Waals surface area contributed by atoms with Gasteiger partial charge in [0, 0.05) is 24.5 Å². The van der Waals surface area contributed by atoms with Crippen molar-refractivity contribution < 1.29 is 14.3 Å². The van der Waals surface area contributed by atoms with Crippen LogP contribution < -0.4 is 5.32 Å². The van der Waals surface area contributed by atoms with Crippen molar-refractivity contribution in [2.24, 2.45) is 0 Å². The highest BCUT2D eigenvalue weighted by Gasteiger charge is 2.22. The van der Waals surface area contributed by atoms with Gasteiger partial charge in [-0.25, -0.2) is 13.9 Å². The number of aliphatic hydroxyl groups excluding tert-OH is 1. The predicted octanol–water partition coefficient (Wildman–Crippen LogP) is 2.62. The predicted molar refractivity (Wildman–Crippen MR) is 88.8 cm³/mol. The molecule has 1 aliphatic rings. The van der Waals surface area contributed by atoms with Gasteiger partial charge in [0.05, 0.1) is 11.8 Å². The number of piperidine rings is 1. The van der Waals surface area contributed by atoms with Gasteiger partial charge >= 0.3 is 6.03 Å². The number of likely N-dealkylation sites (tertiary alicyclic amines) is 1. The fourth-order valence-corrected chi connectivity index (χ4v) is 2.97. The van der Waals surface area contributed by atoms with E-state index < -0.39 is 11.9 Å². The monoisotopic (exact) mass is 332 g/mol. The third-order valence-electron chi connectivity index (χ3n) is 4.12. The summed E-state index contributed by atoms with van der Waals surface area (Å²) >= 11 is 0. The van der Waals surface area contributed by atoms with Crippen molar-refractivity contribution in [2.75, 3.05) is 18.4 Å². The highest BCUT2D eigenvalue weighted by atomic mass is 19.1. The number of amides is 2. The summed E-state index contributed by atoms with van der Waals surface area (Å²) in [7, 11) is 0. The Bertz CT molecular complexity index is 759. The number of carbonyl (C=O) groups is 1. The number of aryl methyl sites for hydroxylation is 2. The number of β-amino-alcohol motifs (C(OH)–C–C–N with tert-alkyl or cyclic N) is 1. The molecular formula is C17H21FN4O2. The number of nitrogens with one attached hydrogen (secondary N) is 1. The summed E-state index contributed by atoms with van der Waals surface area (Å²) in [4.78, 5) is 13.7. The summed E-state index contributed by atoms with van der Waals surface area (Å²) in [5, 5.41) is 16.6. The molecule has 3 rings (SSSR count). The summed E-state index contributed by atoms with van der Waals surface area (Å²) in [5.74, 6) is -0.460. The van der Waals surface area contributed by atoms with Gasteiger partial charge in [0.15, 0.2) is 5.82 Å². The smallest absolute Gasteiger partial charge is 0.321 e. The van der Waals surface area contributed by atoms with Crippen LogP contribution in [0.3, 0.4) is 0 Å². The molecule has 1 aromatic carbocycles.